The normalized spacial score (nSPS) is 12.7. The molecule has 0 aliphatic rings. The van der Waals surface area contributed by atoms with Crippen molar-refractivity contribution in [3.05, 3.63) is 107 Å². The number of carbonyl (C=O) groups is 2. The number of hydrogen-bond donors (Lipinski definition) is 2. The lowest BCUT2D eigenvalue weighted by molar-refractivity contribution is -0.124. The average molecular weight is 447 g/mol. The largest absolute Gasteiger partial charge is 0.354 e. The quantitative estimate of drug-likeness (QED) is 0.444. The molecule has 33 heavy (non-hydrogen) atoms. The van der Waals surface area contributed by atoms with Gasteiger partial charge in [-0.1, -0.05) is 80.9 Å². The van der Waals surface area contributed by atoms with E-state index in [-0.39, 0.29) is 23.7 Å². The Morgan fingerprint density at radius 1 is 0.848 bits per heavy atom. The van der Waals surface area contributed by atoms with E-state index in [2.05, 4.69) is 34.9 Å². The summed E-state index contributed by atoms with van der Waals surface area (Å²) in [4.78, 5) is 25.7. The fourth-order valence-electron chi connectivity index (χ4n) is 3.87. The van der Waals surface area contributed by atoms with Gasteiger partial charge in [-0.05, 0) is 47.7 Å². The van der Waals surface area contributed by atoms with Gasteiger partial charge in [-0.3, -0.25) is 9.59 Å². The highest BCUT2D eigenvalue weighted by Gasteiger charge is 2.26. The van der Waals surface area contributed by atoms with Crippen LogP contribution in [0.5, 0.6) is 0 Å². The van der Waals surface area contributed by atoms with E-state index in [9.17, 15) is 14.0 Å². The van der Waals surface area contributed by atoms with E-state index >= 15 is 0 Å². The third kappa shape index (κ3) is 6.75. The number of benzene rings is 3. The smallest absolute Gasteiger partial charge is 0.251 e. The first kappa shape index (κ1) is 24.2. The zero-order chi connectivity index (χ0) is 23.6. The summed E-state index contributed by atoms with van der Waals surface area (Å²) < 4.78 is 13.2. The molecule has 3 aromatic rings. The predicted octanol–water partition coefficient (Wildman–Crippen LogP) is 5.31. The molecule has 0 aliphatic heterocycles. The van der Waals surface area contributed by atoms with E-state index in [1.165, 1.54) is 35.4 Å². The second-order valence-electron chi connectivity index (χ2n) is 8.30. The lowest BCUT2D eigenvalue weighted by Gasteiger charge is -2.24. The first-order valence-corrected chi connectivity index (χ1v) is 11.4. The average Bonchev–Trinajstić information content (AvgIpc) is 2.86. The molecule has 2 N–H and O–H groups in total. The van der Waals surface area contributed by atoms with Crippen LogP contribution in [0, 0.1) is 11.7 Å². The first-order valence-electron chi connectivity index (χ1n) is 11.4. The third-order valence-electron chi connectivity index (χ3n) is 6.02. The van der Waals surface area contributed by atoms with E-state index in [0.29, 0.717) is 12.1 Å². The van der Waals surface area contributed by atoms with Crippen molar-refractivity contribution in [2.24, 2.45) is 5.92 Å². The van der Waals surface area contributed by atoms with E-state index in [1.54, 1.807) is 0 Å². The minimum Gasteiger partial charge on any atom is -0.354 e. The molecule has 0 saturated carbocycles. The van der Waals surface area contributed by atoms with E-state index < -0.39 is 11.9 Å². The maximum absolute atomic E-state index is 13.2. The molecule has 0 heterocycles. The van der Waals surface area contributed by atoms with Gasteiger partial charge in [-0.2, -0.15) is 0 Å². The van der Waals surface area contributed by atoms with Gasteiger partial charge in [0, 0.05) is 18.0 Å². The highest BCUT2D eigenvalue weighted by Crippen LogP contribution is 2.27. The highest BCUT2D eigenvalue weighted by molar-refractivity contribution is 5.97. The zero-order valence-electron chi connectivity index (χ0n) is 19.1. The van der Waals surface area contributed by atoms with Gasteiger partial charge in [0.15, 0.2) is 0 Å². The van der Waals surface area contributed by atoms with Crippen LogP contribution in [0.15, 0.2) is 84.9 Å². The summed E-state index contributed by atoms with van der Waals surface area (Å²) in [6, 6.07) is 25.1. The molecule has 5 heteroatoms. The number of carbonyl (C=O) groups excluding carboxylic acids is 2. The number of hydrogen-bond acceptors (Lipinski definition) is 2. The zero-order valence-corrected chi connectivity index (χ0v) is 19.1. The molecule has 172 valence electrons. The minimum atomic E-state index is -0.667. The fourth-order valence-corrected chi connectivity index (χ4v) is 3.87. The van der Waals surface area contributed by atoms with Crippen LogP contribution in [0.4, 0.5) is 4.39 Å². The Balaban J connectivity index is 1.66. The number of halogens is 1. The molecular formula is C28H31FN2O2. The summed E-state index contributed by atoms with van der Waals surface area (Å²) in [6.45, 7) is 4.40. The third-order valence-corrected chi connectivity index (χ3v) is 6.02. The second kappa shape index (κ2) is 12.0. The van der Waals surface area contributed by atoms with Crippen LogP contribution < -0.4 is 10.6 Å². The van der Waals surface area contributed by atoms with E-state index in [0.717, 1.165) is 12.8 Å². The van der Waals surface area contributed by atoms with E-state index in [4.69, 9.17) is 0 Å². The van der Waals surface area contributed by atoms with Crippen LogP contribution in [0.3, 0.4) is 0 Å². The molecule has 4 nitrogen and oxygen atoms in total. The molecule has 0 fully saturated rings. The van der Waals surface area contributed by atoms with Gasteiger partial charge in [0.25, 0.3) is 5.91 Å². The first-order chi connectivity index (χ1) is 16.0. The van der Waals surface area contributed by atoms with Crippen LogP contribution in [0.1, 0.15) is 54.1 Å². The Morgan fingerprint density at radius 3 is 1.91 bits per heavy atom. The Morgan fingerprint density at radius 2 is 1.39 bits per heavy atom. The Bertz CT molecular complexity index is 983. The van der Waals surface area contributed by atoms with Crippen molar-refractivity contribution >= 4 is 11.8 Å². The summed E-state index contributed by atoms with van der Waals surface area (Å²) in [5, 5.41) is 5.85. The monoisotopic (exact) mass is 446 g/mol. The number of nitrogens with one attached hydrogen (secondary N) is 2. The summed E-state index contributed by atoms with van der Waals surface area (Å²) in [5.41, 5.74) is 2.72. The summed E-state index contributed by atoms with van der Waals surface area (Å²) in [6.07, 6.45) is 1.47. The van der Waals surface area contributed by atoms with Crippen molar-refractivity contribution in [2.75, 3.05) is 6.54 Å². The molecule has 0 saturated heterocycles. The maximum atomic E-state index is 13.2. The standard InChI is InChI=1S/C28H31FN2O2/c1-3-20(2)26(31-27(32)23-14-16-24(29)17-15-23)28(33)30-19-18-25(21-10-6-4-7-11-21)22-12-8-5-9-13-22/h4-17,20,25-26H,3,18-19H2,1-2H3,(H,30,33)(H,31,32). The Hall–Kier alpha value is -3.47. The lowest BCUT2D eigenvalue weighted by Crippen LogP contribution is -2.50. The van der Waals surface area contributed by atoms with Crippen molar-refractivity contribution in [3.8, 4) is 0 Å². The summed E-state index contributed by atoms with van der Waals surface area (Å²) in [7, 11) is 0. The molecule has 3 rings (SSSR count). The second-order valence-corrected chi connectivity index (χ2v) is 8.30. The van der Waals surface area contributed by atoms with Gasteiger partial charge >= 0.3 is 0 Å². The Labute approximate surface area is 195 Å². The van der Waals surface area contributed by atoms with Crippen molar-refractivity contribution < 1.29 is 14.0 Å². The lowest BCUT2D eigenvalue weighted by atomic mass is 9.88. The summed E-state index contributed by atoms with van der Waals surface area (Å²) in [5.74, 6) is -0.896. The fraction of sp³-hybridized carbons (Fsp3) is 0.286. The predicted molar refractivity (Wildman–Crippen MR) is 129 cm³/mol. The van der Waals surface area contributed by atoms with Crippen LogP contribution in [-0.4, -0.2) is 24.4 Å². The van der Waals surface area contributed by atoms with Crippen LogP contribution >= 0.6 is 0 Å². The molecule has 2 atom stereocenters. The Kier molecular flexibility index (Phi) is 8.76. The SMILES string of the molecule is CCC(C)C(NC(=O)c1ccc(F)cc1)C(=O)NCCC(c1ccccc1)c1ccccc1. The number of amides is 2. The number of rotatable bonds is 10. The molecule has 3 aromatic carbocycles. The molecule has 0 aliphatic carbocycles. The minimum absolute atomic E-state index is 0.0477. The van der Waals surface area contributed by atoms with Gasteiger partial charge in [-0.15, -0.1) is 0 Å². The molecule has 2 amide bonds. The van der Waals surface area contributed by atoms with Gasteiger partial charge in [0.2, 0.25) is 5.91 Å². The van der Waals surface area contributed by atoms with Gasteiger partial charge in [-0.25, -0.2) is 4.39 Å². The molecule has 0 aromatic heterocycles. The molecular weight excluding hydrogens is 415 g/mol. The van der Waals surface area contributed by atoms with E-state index in [1.807, 2.05) is 50.2 Å². The van der Waals surface area contributed by atoms with Gasteiger partial charge in [0.1, 0.15) is 11.9 Å². The van der Waals surface area contributed by atoms with Crippen LogP contribution in [0.2, 0.25) is 0 Å². The van der Waals surface area contributed by atoms with Crippen molar-refractivity contribution in [1.29, 1.82) is 0 Å². The molecule has 2 unspecified atom stereocenters. The van der Waals surface area contributed by atoms with Crippen LogP contribution in [0.25, 0.3) is 0 Å². The molecule has 0 bridgehead atoms. The van der Waals surface area contributed by atoms with Crippen LogP contribution in [-0.2, 0) is 4.79 Å². The van der Waals surface area contributed by atoms with Gasteiger partial charge < -0.3 is 10.6 Å². The highest BCUT2D eigenvalue weighted by atomic mass is 19.1. The maximum Gasteiger partial charge on any atom is 0.251 e. The molecule has 0 spiro atoms. The topological polar surface area (TPSA) is 58.2 Å². The van der Waals surface area contributed by atoms with Crippen molar-refractivity contribution in [2.45, 2.75) is 38.6 Å². The summed E-state index contributed by atoms with van der Waals surface area (Å²) >= 11 is 0. The van der Waals surface area contributed by atoms with Gasteiger partial charge in [0.05, 0.1) is 0 Å². The molecule has 0 radical (unpaired) electrons. The van der Waals surface area contributed by atoms with Crippen molar-refractivity contribution in [1.82, 2.24) is 10.6 Å². The van der Waals surface area contributed by atoms with Crippen molar-refractivity contribution in [3.63, 3.8) is 0 Å².